The predicted octanol–water partition coefficient (Wildman–Crippen LogP) is 3.54. The van der Waals surface area contributed by atoms with Crippen LogP contribution in [0.1, 0.15) is 44.7 Å². The van der Waals surface area contributed by atoms with Gasteiger partial charge >= 0.3 is 0 Å². The normalized spacial score (nSPS) is 19.6. The van der Waals surface area contributed by atoms with E-state index in [1.54, 1.807) is 12.1 Å². The third kappa shape index (κ3) is 2.89. The van der Waals surface area contributed by atoms with Gasteiger partial charge in [-0.05, 0) is 36.5 Å². The minimum atomic E-state index is -0.225. The minimum Gasteiger partial charge on any atom is -0.336 e. The van der Waals surface area contributed by atoms with Crippen LogP contribution in [-0.2, 0) is 4.79 Å². The van der Waals surface area contributed by atoms with Gasteiger partial charge in [-0.1, -0.05) is 26.0 Å². The van der Waals surface area contributed by atoms with Gasteiger partial charge in [-0.3, -0.25) is 4.79 Å². The van der Waals surface area contributed by atoms with Crippen LogP contribution < -0.4 is 0 Å². The third-order valence-corrected chi connectivity index (χ3v) is 3.41. The number of amides is 1. The SMILES string of the molecule is CC(C)CC(=O)N1CCC[C@H]1c1ccc(F)cc1. The highest BCUT2D eigenvalue weighted by atomic mass is 19.1. The van der Waals surface area contributed by atoms with Gasteiger partial charge in [0, 0.05) is 13.0 Å². The molecule has 0 bridgehead atoms. The van der Waals surface area contributed by atoms with Crippen LogP contribution in [-0.4, -0.2) is 17.4 Å². The molecule has 1 aliphatic heterocycles. The third-order valence-electron chi connectivity index (χ3n) is 3.41. The van der Waals surface area contributed by atoms with Crippen LogP contribution in [0.5, 0.6) is 0 Å². The van der Waals surface area contributed by atoms with E-state index in [1.165, 1.54) is 12.1 Å². The van der Waals surface area contributed by atoms with Crippen molar-refractivity contribution in [3.8, 4) is 0 Å². The van der Waals surface area contributed by atoms with Crippen molar-refractivity contribution in [1.29, 1.82) is 0 Å². The Bertz CT molecular complexity index is 413. The number of rotatable bonds is 3. The summed E-state index contributed by atoms with van der Waals surface area (Å²) in [4.78, 5) is 14.1. The second-order valence-electron chi connectivity index (χ2n) is 5.39. The fourth-order valence-electron chi connectivity index (χ4n) is 2.56. The highest BCUT2D eigenvalue weighted by Gasteiger charge is 2.29. The summed E-state index contributed by atoms with van der Waals surface area (Å²) >= 11 is 0. The number of halogens is 1. The van der Waals surface area contributed by atoms with Gasteiger partial charge < -0.3 is 4.90 Å². The summed E-state index contributed by atoms with van der Waals surface area (Å²) in [5.74, 6) is 0.376. The van der Waals surface area contributed by atoms with E-state index >= 15 is 0 Å². The minimum absolute atomic E-state index is 0.136. The summed E-state index contributed by atoms with van der Waals surface area (Å²) in [5.41, 5.74) is 1.05. The van der Waals surface area contributed by atoms with Crippen LogP contribution in [0.25, 0.3) is 0 Å². The van der Waals surface area contributed by atoms with Crippen molar-refractivity contribution >= 4 is 5.91 Å². The van der Waals surface area contributed by atoms with Gasteiger partial charge in [0.2, 0.25) is 5.91 Å². The van der Waals surface area contributed by atoms with Crippen LogP contribution >= 0.6 is 0 Å². The van der Waals surface area contributed by atoms with E-state index in [1.807, 2.05) is 4.90 Å². The fourth-order valence-corrected chi connectivity index (χ4v) is 2.56. The lowest BCUT2D eigenvalue weighted by Gasteiger charge is -2.26. The zero-order chi connectivity index (χ0) is 13.1. The van der Waals surface area contributed by atoms with E-state index < -0.39 is 0 Å². The lowest BCUT2D eigenvalue weighted by molar-refractivity contribution is -0.132. The van der Waals surface area contributed by atoms with Crippen molar-refractivity contribution in [2.75, 3.05) is 6.54 Å². The number of hydrogen-bond donors (Lipinski definition) is 0. The van der Waals surface area contributed by atoms with E-state index in [9.17, 15) is 9.18 Å². The predicted molar refractivity (Wildman–Crippen MR) is 69.5 cm³/mol. The Labute approximate surface area is 108 Å². The first kappa shape index (κ1) is 13.1. The van der Waals surface area contributed by atoms with Crippen molar-refractivity contribution < 1.29 is 9.18 Å². The number of benzene rings is 1. The zero-order valence-electron chi connectivity index (χ0n) is 11.0. The lowest BCUT2D eigenvalue weighted by Crippen LogP contribution is -2.31. The Hall–Kier alpha value is -1.38. The summed E-state index contributed by atoms with van der Waals surface area (Å²) < 4.78 is 12.9. The van der Waals surface area contributed by atoms with Gasteiger partial charge in [-0.2, -0.15) is 0 Å². The fraction of sp³-hybridized carbons (Fsp3) is 0.533. The molecule has 1 amide bonds. The van der Waals surface area contributed by atoms with Crippen LogP contribution in [0.2, 0.25) is 0 Å². The van der Waals surface area contributed by atoms with Gasteiger partial charge in [0.15, 0.2) is 0 Å². The Morgan fingerprint density at radius 3 is 2.67 bits per heavy atom. The van der Waals surface area contributed by atoms with Crippen molar-refractivity contribution in [2.24, 2.45) is 5.92 Å². The van der Waals surface area contributed by atoms with E-state index in [0.29, 0.717) is 12.3 Å². The molecule has 18 heavy (non-hydrogen) atoms. The Morgan fingerprint density at radius 1 is 1.39 bits per heavy atom. The van der Waals surface area contributed by atoms with E-state index in [0.717, 1.165) is 24.9 Å². The zero-order valence-corrected chi connectivity index (χ0v) is 11.0. The number of carbonyl (C=O) groups excluding carboxylic acids is 1. The molecule has 98 valence electrons. The van der Waals surface area contributed by atoms with Crippen molar-refractivity contribution in [3.63, 3.8) is 0 Å². The lowest BCUT2D eigenvalue weighted by atomic mass is 10.0. The van der Waals surface area contributed by atoms with E-state index in [4.69, 9.17) is 0 Å². The van der Waals surface area contributed by atoms with Crippen LogP contribution in [0, 0.1) is 11.7 Å². The molecule has 1 fully saturated rings. The summed E-state index contributed by atoms with van der Waals surface area (Å²) in [6.45, 7) is 4.94. The Morgan fingerprint density at radius 2 is 2.06 bits per heavy atom. The molecule has 1 aliphatic rings. The first-order valence-corrected chi connectivity index (χ1v) is 6.63. The number of likely N-dealkylation sites (tertiary alicyclic amines) is 1. The molecule has 0 aromatic heterocycles. The van der Waals surface area contributed by atoms with E-state index in [-0.39, 0.29) is 17.8 Å². The Balaban J connectivity index is 2.12. The molecule has 1 heterocycles. The summed E-state index contributed by atoms with van der Waals surface area (Å²) in [6.07, 6.45) is 2.61. The standard InChI is InChI=1S/C15H20FNO/c1-11(2)10-15(18)17-9-3-4-14(17)12-5-7-13(16)8-6-12/h5-8,11,14H,3-4,9-10H2,1-2H3/t14-/m0/s1. The number of nitrogens with zero attached hydrogens (tertiary/aromatic N) is 1. The van der Waals surface area contributed by atoms with Crippen LogP contribution in [0.4, 0.5) is 4.39 Å². The maximum absolute atomic E-state index is 12.9. The summed E-state index contributed by atoms with van der Waals surface area (Å²) in [5, 5.41) is 0. The number of hydrogen-bond acceptors (Lipinski definition) is 1. The van der Waals surface area contributed by atoms with Gasteiger partial charge in [0.05, 0.1) is 6.04 Å². The molecule has 0 aliphatic carbocycles. The highest BCUT2D eigenvalue weighted by molar-refractivity contribution is 5.77. The molecule has 1 atom stereocenters. The van der Waals surface area contributed by atoms with Gasteiger partial charge in [-0.15, -0.1) is 0 Å². The molecular formula is C15H20FNO. The molecule has 0 unspecified atom stereocenters. The molecular weight excluding hydrogens is 229 g/mol. The molecule has 0 radical (unpaired) electrons. The summed E-state index contributed by atoms with van der Waals surface area (Å²) in [6, 6.07) is 6.66. The van der Waals surface area contributed by atoms with Gasteiger partial charge in [0.1, 0.15) is 5.82 Å². The van der Waals surface area contributed by atoms with Crippen molar-refractivity contribution in [2.45, 2.75) is 39.2 Å². The first-order chi connectivity index (χ1) is 8.58. The van der Waals surface area contributed by atoms with Gasteiger partial charge in [0.25, 0.3) is 0 Å². The molecule has 0 spiro atoms. The largest absolute Gasteiger partial charge is 0.336 e. The summed E-state index contributed by atoms with van der Waals surface area (Å²) in [7, 11) is 0. The van der Waals surface area contributed by atoms with Crippen LogP contribution in [0.3, 0.4) is 0 Å². The maximum Gasteiger partial charge on any atom is 0.223 e. The molecule has 2 rings (SSSR count). The monoisotopic (exact) mass is 249 g/mol. The van der Waals surface area contributed by atoms with Crippen molar-refractivity contribution in [1.82, 2.24) is 4.90 Å². The molecule has 2 nitrogen and oxygen atoms in total. The maximum atomic E-state index is 12.9. The van der Waals surface area contributed by atoms with Crippen LogP contribution in [0.15, 0.2) is 24.3 Å². The molecule has 0 N–H and O–H groups in total. The topological polar surface area (TPSA) is 20.3 Å². The molecule has 1 aromatic rings. The number of carbonyl (C=O) groups is 1. The smallest absolute Gasteiger partial charge is 0.223 e. The Kier molecular flexibility index (Phi) is 4.00. The van der Waals surface area contributed by atoms with E-state index in [2.05, 4.69) is 13.8 Å². The highest BCUT2D eigenvalue weighted by Crippen LogP contribution is 2.32. The second-order valence-corrected chi connectivity index (χ2v) is 5.39. The molecule has 1 saturated heterocycles. The average Bonchev–Trinajstić information content (AvgIpc) is 2.78. The quantitative estimate of drug-likeness (QED) is 0.802. The second kappa shape index (κ2) is 5.51. The molecule has 3 heteroatoms. The van der Waals surface area contributed by atoms with Gasteiger partial charge in [-0.25, -0.2) is 4.39 Å². The molecule has 0 saturated carbocycles. The average molecular weight is 249 g/mol. The van der Waals surface area contributed by atoms with Crippen molar-refractivity contribution in [3.05, 3.63) is 35.6 Å². The molecule has 1 aromatic carbocycles. The first-order valence-electron chi connectivity index (χ1n) is 6.63.